The number of carbonyl (C=O) groups is 2. The normalized spacial score (nSPS) is 23.1. The lowest BCUT2D eigenvalue weighted by Crippen LogP contribution is -2.44. The number of carboxylic acid groups (broad SMARTS) is 2. The lowest BCUT2D eigenvalue weighted by Gasteiger charge is -2.51. The molecule has 0 aromatic rings. The van der Waals surface area contributed by atoms with Crippen LogP contribution in [0.2, 0.25) is 0 Å². The first-order chi connectivity index (χ1) is 11.1. The van der Waals surface area contributed by atoms with Crippen LogP contribution in [0.3, 0.4) is 0 Å². The van der Waals surface area contributed by atoms with E-state index in [0.29, 0.717) is 18.4 Å². The van der Waals surface area contributed by atoms with Crippen molar-refractivity contribution in [1.82, 2.24) is 0 Å². The molecule has 0 aromatic carbocycles. The zero-order valence-corrected chi connectivity index (χ0v) is 15.4. The third kappa shape index (κ3) is 3.63. The Bertz CT molecular complexity index is 559. The Morgan fingerprint density at radius 3 is 2.04 bits per heavy atom. The van der Waals surface area contributed by atoms with Crippen LogP contribution in [0.5, 0.6) is 0 Å². The summed E-state index contributed by atoms with van der Waals surface area (Å²) < 4.78 is 0. The van der Waals surface area contributed by atoms with Crippen molar-refractivity contribution in [2.75, 3.05) is 0 Å². The van der Waals surface area contributed by atoms with Gasteiger partial charge in [-0.3, -0.25) is 0 Å². The van der Waals surface area contributed by atoms with Crippen molar-refractivity contribution in [3.8, 4) is 0 Å². The molecule has 0 aromatic heterocycles. The van der Waals surface area contributed by atoms with E-state index in [1.807, 2.05) is 25.2 Å². The van der Waals surface area contributed by atoms with Crippen LogP contribution >= 0.6 is 0 Å². The van der Waals surface area contributed by atoms with Gasteiger partial charge in [0.2, 0.25) is 0 Å². The average Bonchev–Trinajstić information content (AvgIpc) is 2.45. The lowest BCUT2D eigenvalue weighted by atomic mass is 9.52. The Morgan fingerprint density at radius 1 is 1.04 bits per heavy atom. The highest BCUT2D eigenvalue weighted by Gasteiger charge is 2.50. The highest BCUT2D eigenvalue weighted by atomic mass is 16.4. The molecule has 0 spiro atoms. The summed E-state index contributed by atoms with van der Waals surface area (Å²) in [6, 6.07) is 0. The Kier molecular flexibility index (Phi) is 6.58. The van der Waals surface area contributed by atoms with E-state index < -0.39 is 22.9 Å². The monoisotopic (exact) mass is 334 g/mol. The fourth-order valence-corrected chi connectivity index (χ4v) is 4.04. The molecule has 0 aliphatic heterocycles. The summed E-state index contributed by atoms with van der Waals surface area (Å²) in [6.07, 6.45) is 11.0. The molecule has 1 aliphatic carbocycles. The van der Waals surface area contributed by atoms with E-state index in [9.17, 15) is 19.8 Å². The highest BCUT2D eigenvalue weighted by Crippen LogP contribution is 2.56. The van der Waals surface area contributed by atoms with Crippen molar-refractivity contribution in [1.29, 1.82) is 0 Å². The summed E-state index contributed by atoms with van der Waals surface area (Å²) in [4.78, 5) is 23.5. The number of aliphatic carboxylic acids is 2. The lowest BCUT2D eigenvalue weighted by molar-refractivity contribution is -0.140. The van der Waals surface area contributed by atoms with E-state index in [0.717, 1.165) is 12.8 Å². The van der Waals surface area contributed by atoms with Gasteiger partial charge in [-0.25, -0.2) is 9.59 Å². The number of rotatable bonds is 7. The minimum absolute atomic E-state index is 0.0859. The molecule has 1 aliphatic rings. The SMILES string of the molecule is CCCC(=C(C(=O)O)C(=O)O)C1(C(C)(C)C)C=CC=CC1CCC. The van der Waals surface area contributed by atoms with Gasteiger partial charge in [0.05, 0.1) is 0 Å². The zero-order valence-electron chi connectivity index (χ0n) is 15.4. The van der Waals surface area contributed by atoms with Crippen molar-refractivity contribution in [3.05, 3.63) is 35.5 Å². The summed E-state index contributed by atoms with van der Waals surface area (Å²) in [7, 11) is 0. The second-order valence-corrected chi connectivity index (χ2v) is 7.47. The predicted octanol–water partition coefficient (Wildman–Crippen LogP) is 4.83. The molecule has 0 saturated carbocycles. The number of hydrogen-bond donors (Lipinski definition) is 2. The number of carboxylic acids is 2. The molecular formula is C20H30O4. The average molecular weight is 334 g/mol. The van der Waals surface area contributed by atoms with Crippen molar-refractivity contribution >= 4 is 11.9 Å². The van der Waals surface area contributed by atoms with Crippen molar-refractivity contribution in [2.24, 2.45) is 16.7 Å². The summed E-state index contributed by atoms with van der Waals surface area (Å²) in [5, 5.41) is 19.2. The molecule has 0 radical (unpaired) electrons. The van der Waals surface area contributed by atoms with Gasteiger partial charge < -0.3 is 10.2 Å². The molecule has 134 valence electrons. The largest absolute Gasteiger partial charge is 0.477 e. The van der Waals surface area contributed by atoms with Gasteiger partial charge in [0.1, 0.15) is 5.57 Å². The van der Waals surface area contributed by atoms with Crippen LogP contribution in [0.15, 0.2) is 35.5 Å². The van der Waals surface area contributed by atoms with E-state index in [4.69, 9.17) is 0 Å². The third-order valence-electron chi connectivity index (χ3n) is 4.97. The minimum Gasteiger partial charge on any atom is -0.477 e. The van der Waals surface area contributed by atoms with E-state index in [1.54, 1.807) is 0 Å². The van der Waals surface area contributed by atoms with E-state index in [-0.39, 0.29) is 11.3 Å². The molecule has 4 nitrogen and oxygen atoms in total. The molecule has 0 saturated heterocycles. The fourth-order valence-electron chi connectivity index (χ4n) is 4.04. The first-order valence-electron chi connectivity index (χ1n) is 8.69. The predicted molar refractivity (Wildman–Crippen MR) is 95.8 cm³/mol. The van der Waals surface area contributed by atoms with Gasteiger partial charge in [0, 0.05) is 5.41 Å². The third-order valence-corrected chi connectivity index (χ3v) is 4.97. The van der Waals surface area contributed by atoms with Crippen LogP contribution in [-0.2, 0) is 9.59 Å². The van der Waals surface area contributed by atoms with Crippen LogP contribution in [0, 0.1) is 16.7 Å². The van der Waals surface area contributed by atoms with Crippen molar-refractivity contribution < 1.29 is 19.8 Å². The maximum atomic E-state index is 11.8. The van der Waals surface area contributed by atoms with Gasteiger partial charge in [-0.1, -0.05) is 71.8 Å². The zero-order chi connectivity index (χ0) is 18.5. The molecule has 0 fully saturated rings. The van der Waals surface area contributed by atoms with Gasteiger partial charge in [-0.05, 0) is 29.7 Å². The topological polar surface area (TPSA) is 74.6 Å². The van der Waals surface area contributed by atoms with Crippen LogP contribution in [0.25, 0.3) is 0 Å². The second kappa shape index (κ2) is 7.82. The first-order valence-corrected chi connectivity index (χ1v) is 8.69. The standard InChI is InChI=1S/C20H30O4/c1-6-10-14-12-8-9-13-20(14,19(3,4)5)15(11-7-2)16(17(21)22)18(23)24/h8-9,12-14H,6-7,10-11H2,1-5H3,(H,21,22)(H,23,24). The molecular weight excluding hydrogens is 304 g/mol. The Hall–Kier alpha value is -1.84. The summed E-state index contributed by atoms with van der Waals surface area (Å²) in [5.74, 6) is -2.62. The summed E-state index contributed by atoms with van der Waals surface area (Å²) in [5.41, 5.74) is -0.848. The Morgan fingerprint density at radius 2 is 1.62 bits per heavy atom. The molecule has 24 heavy (non-hydrogen) atoms. The van der Waals surface area contributed by atoms with Crippen LogP contribution < -0.4 is 0 Å². The van der Waals surface area contributed by atoms with E-state index >= 15 is 0 Å². The van der Waals surface area contributed by atoms with Crippen molar-refractivity contribution in [2.45, 2.75) is 60.3 Å². The maximum Gasteiger partial charge on any atom is 0.343 e. The first kappa shape index (κ1) is 20.2. The molecule has 2 N–H and O–H groups in total. The van der Waals surface area contributed by atoms with Gasteiger partial charge in [-0.2, -0.15) is 0 Å². The molecule has 1 rings (SSSR count). The van der Waals surface area contributed by atoms with Crippen LogP contribution in [0.1, 0.15) is 60.3 Å². The van der Waals surface area contributed by atoms with Crippen LogP contribution in [0.4, 0.5) is 0 Å². The highest BCUT2D eigenvalue weighted by molar-refractivity contribution is 6.13. The smallest absolute Gasteiger partial charge is 0.343 e. The number of allylic oxidation sites excluding steroid dienone is 5. The van der Waals surface area contributed by atoms with Gasteiger partial charge in [-0.15, -0.1) is 0 Å². The van der Waals surface area contributed by atoms with Crippen LogP contribution in [-0.4, -0.2) is 22.2 Å². The van der Waals surface area contributed by atoms with E-state index in [1.165, 1.54) is 0 Å². The van der Waals surface area contributed by atoms with Gasteiger partial charge in [0.25, 0.3) is 0 Å². The Balaban J connectivity index is 3.83. The molecule has 0 amide bonds. The molecule has 0 bridgehead atoms. The maximum absolute atomic E-state index is 11.8. The Labute approximate surface area is 145 Å². The molecule has 4 heteroatoms. The fraction of sp³-hybridized carbons (Fsp3) is 0.600. The van der Waals surface area contributed by atoms with Crippen molar-refractivity contribution in [3.63, 3.8) is 0 Å². The minimum atomic E-state index is -1.35. The number of hydrogen-bond acceptors (Lipinski definition) is 2. The molecule has 0 heterocycles. The second-order valence-electron chi connectivity index (χ2n) is 7.47. The summed E-state index contributed by atoms with van der Waals surface area (Å²) >= 11 is 0. The quantitative estimate of drug-likeness (QED) is 0.397. The van der Waals surface area contributed by atoms with E-state index in [2.05, 4.69) is 33.8 Å². The molecule has 2 atom stereocenters. The summed E-state index contributed by atoms with van der Waals surface area (Å²) in [6.45, 7) is 10.2. The van der Waals surface area contributed by atoms with Gasteiger partial charge in [0.15, 0.2) is 0 Å². The van der Waals surface area contributed by atoms with Gasteiger partial charge >= 0.3 is 11.9 Å². The molecule has 2 unspecified atom stereocenters.